The number of rotatable bonds is 1. The van der Waals surface area contributed by atoms with Crippen molar-refractivity contribution in [2.75, 3.05) is 19.7 Å². The molecular formula is C20H23NO3. The van der Waals surface area contributed by atoms with Gasteiger partial charge in [-0.15, -0.1) is 0 Å². The van der Waals surface area contributed by atoms with Crippen molar-refractivity contribution in [1.29, 1.82) is 0 Å². The standard InChI is InChI=1S/C20H23NO3/c1-13(22)21-8-6-14(7-9-21)20-11-15-10-19(23)17-5-3-2-4-16(17)18(15)12-24-20/h2-5,14,20H,6-12H2,1H3. The molecule has 1 amide bonds. The van der Waals surface area contributed by atoms with Crippen molar-refractivity contribution >= 4 is 17.3 Å². The molecule has 0 spiro atoms. The summed E-state index contributed by atoms with van der Waals surface area (Å²) in [6.45, 7) is 3.90. The molecule has 24 heavy (non-hydrogen) atoms. The number of piperidine rings is 1. The number of benzene rings is 1. The van der Waals surface area contributed by atoms with Crippen molar-refractivity contribution in [1.82, 2.24) is 4.90 Å². The summed E-state index contributed by atoms with van der Waals surface area (Å²) in [5.74, 6) is 0.885. The molecule has 1 atom stereocenters. The molecule has 1 saturated heterocycles. The van der Waals surface area contributed by atoms with Crippen LogP contribution in [0.15, 0.2) is 29.8 Å². The summed E-state index contributed by atoms with van der Waals surface area (Å²) < 4.78 is 6.20. The van der Waals surface area contributed by atoms with Gasteiger partial charge < -0.3 is 9.64 Å². The normalized spacial score (nSPS) is 24.6. The molecule has 3 aliphatic rings. The summed E-state index contributed by atoms with van der Waals surface area (Å²) in [7, 11) is 0. The van der Waals surface area contributed by atoms with E-state index in [0.29, 0.717) is 18.9 Å². The number of likely N-dealkylation sites (tertiary alicyclic amines) is 1. The van der Waals surface area contributed by atoms with Crippen molar-refractivity contribution in [2.24, 2.45) is 5.92 Å². The van der Waals surface area contributed by atoms with Gasteiger partial charge in [-0.2, -0.15) is 0 Å². The maximum Gasteiger partial charge on any atom is 0.219 e. The minimum atomic E-state index is 0.164. The molecule has 4 rings (SSSR count). The van der Waals surface area contributed by atoms with Gasteiger partial charge in [-0.1, -0.05) is 29.8 Å². The predicted molar refractivity (Wildman–Crippen MR) is 91.6 cm³/mol. The Morgan fingerprint density at radius 1 is 1.17 bits per heavy atom. The zero-order valence-electron chi connectivity index (χ0n) is 14.1. The number of ether oxygens (including phenoxy) is 1. The van der Waals surface area contributed by atoms with Gasteiger partial charge in [-0.25, -0.2) is 0 Å². The molecule has 2 heterocycles. The first-order valence-electron chi connectivity index (χ1n) is 8.84. The van der Waals surface area contributed by atoms with Gasteiger partial charge in [0.15, 0.2) is 5.78 Å². The van der Waals surface area contributed by atoms with E-state index in [9.17, 15) is 9.59 Å². The van der Waals surface area contributed by atoms with Gasteiger partial charge in [-0.05, 0) is 36.3 Å². The van der Waals surface area contributed by atoms with E-state index in [0.717, 1.165) is 43.5 Å². The highest BCUT2D eigenvalue weighted by atomic mass is 16.5. The monoisotopic (exact) mass is 325 g/mol. The van der Waals surface area contributed by atoms with Crippen molar-refractivity contribution in [3.8, 4) is 0 Å². The Balaban J connectivity index is 1.50. The SMILES string of the molecule is CC(=O)N1CCC(C2CC3=C(CO2)c2ccccc2C(=O)C3)CC1. The Bertz CT molecular complexity index is 713. The van der Waals surface area contributed by atoms with E-state index in [4.69, 9.17) is 4.74 Å². The van der Waals surface area contributed by atoms with Crippen molar-refractivity contribution in [3.05, 3.63) is 41.0 Å². The van der Waals surface area contributed by atoms with Gasteiger partial charge in [0, 0.05) is 32.0 Å². The highest BCUT2D eigenvalue weighted by Crippen LogP contribution is 2.40. The first-order chi connectivity index (χ1) is 11.6. The summed E-state index contributed by atoms with van der Waals surface area (Å²) in [6, 6.07) is 7.88. The molecule has 1 unspecified atom stereocenters. The Labute approximate surface area is 142 Å². The third kappa shape index (κ3) is 2.69. The molecule has 1 aliphatic carbocycles. The van der Waals surface area contributed by atoms with Crippen molar-refractivity contribution < 1.29 is 14.3 Å². The molecule has 0 aromatic heterocycles. The lowest BCUT2D eigenvalue weighted by Gasteiger charge is -2.39. The lowest BCUT2D eigenvalue weighted by molar-refractivity contribution is -0.131. The Morgan fingerprint density at radius 3 is 2.58 bits per heavy atom. The Hall–Kier alpha value is -1.94. The van der Waals surface area contributed by atoms with Crippen molar-refractivity contribution in [2.45, 2.75) is 38.7 Å². The fourth-order valence-electron chi connectivity index (χ4n) is 4.33. The van der Waals surface area contributed by atoms with Gasteiger partial charge in [0.2, 0.25) is 5.91 Å². The van der Waals surface area contributed by atoms with Crippen LogP contribution in [0.5, 0.6) is 0 Å². The van der Waals surface area contributed by atoms with E-state index < -0.39 is 0 Å². The minimum Gasteiger partial charge on any atom is -0.373 e. The molecule has 0 N–H and O–H groups in total. The second-order valence-corrected chi connectivity index (χ2v) is 7.12. The summed E-state index contributed by atoms with van der Waals surface area (Å²) in [5, 5.41) is 0. The van der Waals surface area contributed by atoms with Gasteiger partial charge in [0.1, 0.15) is 0 Å². The number of fused-ring (bicyclic) bond motifs is 2. The predicted octanol–water partition coefficient (Wildman–Crippen LogP) is 3.07. The van der Waals surface area contributed by atoms with E-state index in [1.165, 1.54) is 11.1 Å². The number of ketones is 1. The summed E-state index contributed by atoms with van der Waals surface area (Å²) in [6.07, 6.45) is 3.59. The van der Waals surface area contributed by atoms with Crippen LogP contribution in [0, 0.1) is 5.92 Å². The van der Waals surface area contributed by atoms with Crippen LogP contribution in [0.25, 0.3) is 5.57 Å². The quantitative estimate of drug-likeness (QED) is 0.797. The zero-order chi connectivity index (χ0) is 16.7. The van der Waals surface area contributed by atoms with Crippen LogP contribution in [0.1, 0.15) is 48.5 Å². The van der Waals surface area contributed by atoms with E-state index >= 15 is 0 Å². The van der Waals surface area contributed by atoms with Gasteiger partial charge in [-0.3, -0.25) is 9.59 Å². The largest absolute Gasteiger partial charge is 0.373 e. The van der Waals surface area contributed by atoms with Crippen LogP contribution in [-0.4, -0.2) is 42.4 Å². The number of carbonyl (C=O) groups is 2. The number of carbonyl (C=O) groups excluding carboxylic acids is 2. The van der Waals surface area contributed by atoms with E-state index in [1.807, 2.05) is 29.2 Å². The Morgan fingerprint density at radius 2 is 1.88 bits per heavy atom. The fraction of sp³-hybridized carbons (Fsp3) is 0.500. The summed E-state index contributed by atoms with van der Waals surface area (Å²) in [5.41, 5.74) is 4.40. The fourth-order valence-corrected chi connectivity index (χ4v) is 4.33. The molecule has 0 radical (unpaired) electrons. The summed E-state index contributed by atoms with van der Waals surface area (Å²) >= 11 is 0. The molecule has 1 aromatic carbocycles. The molecule has 4 heteroatoms. The van der Waals surface area contributed by atoms with Crippen LogP contribution in [0.2, 0.25) is 0 Å². The molecule has 2 aliphatic heterocycles. The Kier molecular flexibility index (Phi) is 4.01. The van der Waals surface area contributed by atoms with Gasteiger partial charge in [0.05, 0.1) is 12.7 Å². The van der Waals surface area contributed by atoms with Crippen molar-refractivity contribution in [3.63, 3.8) is 0 Å². The molecule has 126 valence electrons. The molecule has 1 fully saturated rings. The third-order valence-electron chi connectivity index (χ3n) is 5.75. The molecule has 0 bridgehead atoms. The lowest BCUT2D eigenvalue weighted by Crippen LogP contribution is -2.42. The summed E-state index contributed by atoms with van der Waals surface area (Å²) in [4.78, 5) is 25.8. The minimum absolute atomic E-state index is 0.164. The van der Waals surface area contributed by atoms with Gasteiger partial charge in [0.25, 0.3) is 0 Å². The van der Waals surface area contributed by atoms with Crippen LogP contribution < -0.4 is 0 Å². The highest BCUT2D eigenvalue weighted by molar-refractivity contribution is 6.06. The van der Waals surface area contributed by atoms with Crippen LogP contribution in [0.3, 0.4) is 0 Å². The van der Waals surface area contributed by atoms with Gasteiger partial charge >= 0.3 is 0 Å². The average Bonchev–Trinajstić information content (AvgIpc) is 2.61. The average molecular weight is 325 g/mol. The lowest BCUT2D eigenvalue weighted by atomic mass is 9.78. The number of nitrogens with zero attached hydrogens (tertiary/aromatic N) is 1. The highest BCUT2D eigenvalue weighted by Gasteiger charge is 2.35. The third-order valence-corrected chi connectivity index (χ3v) is 5.75. The van der Waals surface area contributed by atoms with E-state index in [1.54, 1.807) is 6.92 Å². The van der Waals surface area contributed by atoms with Crippen LogP contribution >= 0.6 is 0 Å². The number of hydrogen-bond donors (Lipinski definition) is 0. The van der Waals surface area contributed by atoms with Crippen LogP contribution in [-0.2, 0) is 9.53 Å². The molecular weight excluding hydrogens is 302 g/mol. The smallest absolute Gasteiger partial charge is 0.219 e. The topological polar surface area (TPSA) is 46.6 Å². The van der Waals surface area contributed by atoms with Crippen LogP contribution in [0.4, 0.5) is 0 Å². The zero-order valence-corrected chi connectivity index (χ0v) is 14.1. The molecule has 0 saturated carbocycles. The second-order valence-electron chi connectivity index (χ2n) is 7.12. The second kappa shape index (κ2) is 6.17. The maximum absolute atomic E-state index is 12.4. The van der Waals surface area contributed by atoms with E-state index in [2.05, 4.69) is 0 Å². The number of hydrogen-bond acceptors (Lipinski definition) is 3. The number of Topliss-reactive ketones (excluding diaryl/α,β-unsaturated/α-hetero) is 1. The van der Waals surface area contributed by atoms with E-state index in [-0.39, 0.29) is 17.8 Å². The molecule has 4 nitrogen and oxygen atoms in total. The first-order valence-corrected chi connectivity index (χ1v) is 8.84. The molecule has 1 aromatic rings. The number of amides is 1. The maximum atomic E-state index is 12.4. The first kappa shape index (κ1) is 15.6.